The lowest BCUT2D eigenvalue weighted by atomic mass is 10.1. The molecule has 3 rings (SSSR count). The summed E-state index contributed by atoms with van der Waals surface area (Å²) < 4.78 is 32.4. The van der Waals surface area contributed by atoms with Crippen LogP contribution in [0, 0.1) is 35.8 Å². The molecule has 166 valence electrons. The highest BCUT2D eigenvalue weighted by molar-refractivity contribution is 7.16. The minimum absolute atomic E-state index is 0.201. The van der Waals surface area contributed by atoms with E-state index in [1.807, 2.05) is 13.0 Å². The predicted molar refractivity (Wildman–Crippen MR) is 120 cm³/mol. The van der Waals surface area contributed by atoms with Crippen LogP contribution in [-0.4, -0.2) is 17.5 Å². The molecule has 0 spiro atoms. The molecule has 0 fully saturated rings. The molecule has 2 aromatic carbocycles. The first-order valence-electron chi connectivity index (χ1n) is 10.1. The Morgan fingerprint density at radius 3 is 2.72 bits per heavy atom. The summed E-state index contributed by atoms with van der Waals surface area (Å²) in [4.78, 5) is 19.3. The second kappa shape index (κ2) is 10.3. The lowest BCUT2D eigenvalue weighted by Gasteiger charge is -2.22. The molecule has 0 saturated heterocycles. The number of nitriles is 1. The number of amides is 1. The number of halogens is 2. The first-order valence-corrected chi connectivity index (χ1v) is 10.9. The van der Waals surface area contributed by atoms with Crippen LogP contribution >= 0.6 is 11.3 Å². The van der Waals surface area contributed by atoms with Crippen molar-refractivity contribution >= 4 is 22.2 Å². The third-order valence-electron chi connectivity index (χ3n) is 4.59. The molecule has 0 radical (unpaired) electrons. The van der Waals surface area contributed by atoms with Crippen molar-refractivity contribution in [2.45, 2.75) is 33.7 Å². The molecule has 0 aliphatic rings. The molecule has 0 N–H and O–H groups in total. The van der Waals surface area contributed by atoms with Gasteiger partial charge in [-0.25, -0.2) is 13.8 Å². The van der Waals surface area contributed by atoms with Gasteiger partial charge in [0.2, 0.25) is 0 Å². The second-order valence-electron chi connectivity index (χ2n) is 7.75. The molecule has 3 aromatic rings. The first kappa shape index (κ1) is 23.4. The summed E-state index contributed by atoms with van der Waals surface area (Å²) in [7, 11) is 0. The summed E-state index contributed by atoms with van der Waals surface area (Å²) in [5.41, 5.74) is 1.97. The molecular formula is C24H23F2N3O2S. The maximum atomic E-state index is 13.9. The largest absolute Gasteiger partial charge is 0.481 e. The van der Waals surface area contributed by atoms with Crippen molar-refractivity contribution in [3.63, 3.8) is 0 Å². The smallest absolute Gasteiger partial charge is 0.265 e. The highest BCUT2D eigenvalue weighted by atomic mass is 32.1. The Balaban J connectivity index is 1.88. The van der Waals surface area contributed by atoms with Gasteiger partial charge in [0, 0.05) is 12.5 Å². The number of benzene rings is 2. The van der Waals surface area contributed by atoms with Crippen molar-refractivity contribution in [1.82, 2.24) is 4.98 Å². The average molecular weight is 456 g/mol. The molecule has 1 heterocycles. The lowest BCUT2D eigenvalue weighted by Crippen LogP contribution is -2.34. The number of nitrogens with zero attached hydrogens (tertiary/aromatic N) is 3. The van der Waals surface area contributed by atoms with Gasteiger partial charge in [0.1, 0.15) is 10.8 Å². The quantitative estimate of drug-likeness (QED) is 0.455. The maximum Gasteiger partial charge on any atom is 0.265 e. The molecule has 5 nitrogen and oxygen atoms in total. The van der Waals surface area contributed by atoms with Crippen molar-refractivity contribution in [2.75, 3.05) is 11.5 Å². The second-order valence-corrected chi connectivity index (χ2v) is 8.81. The van der Waals surface area contributed by atoms with Crippen LogP contribution in [0.5, 0.6) is 5.75 Å². The highest BCUT2D eigenvalue weighted by Gasteiger charge is 2.23. The zero-order valence-electron chi connectivity index (χ0n) is 18.1. The Kier molecular flexibility index (Phi) is 7.54. The molecule has 0 saturated carbocycles. The third kappa shape index (κ3) is 5.89. The fourth-order valence-electron chi connectivity index (χ4n) is 3.13. The van der Waals surface area contributed by atoms with E-state index in [4.69, 9.17) is 4.74 Å². The summed E-state index contributed by atoms with van der Waals surface area (Å²) in [5, 5.41) is 10.8. The van der Waals surface area contributed by atoms with E-state index in [1.165, 1.54) is 16.2 Å². The van der Waals surface area contributed by atoms with Crippen molar-refractivity contribution in [2.24, 2.45) is 5.92 Å². The summed E-state index contributed by atoms with van der Waals surface area (Å²) in [5.74, 6) is -1.79. The van der Waals surface area contributed by atoms with Gasteiger partial charge in [0.25, 0.3) is 5.91 Å². The van der Waals surface area contributed by atoms with Crippen molar-refractivity contribution in [1.29, 1.82) is 5.26 Å². The molecule has 1 aromatic heterocycles. The SMILES string of the molecule is Cc1nc(CC(C)C)sc1N(Cc1cccc(C#N)c1)C(=O)COc1ccc(F)cc1F. The number of carbonyl (C=O) groups is 1. The summed E-state index contributed by atoms with van der Waals surface area (Å²) in [6.07, 6.45) is 0.786. The van der Waals surface area contributed by atoms with E-state index in [2.05, 4.69) is 24.9 Å². The summed E-state index contributed by atoms with van der Waals surface area (Å²) >= 11 is 1.43. The van der Waals surface area contributed by atoms with Crippen molar-refractivity contribution < 1.29 is 18.3 Å². The number of aromatic nitrogens is 1. The van der Waals surface area contributed by atoms with Crippen LogP contribution in [0.15, 0.2) is 42.5 Å². The van der Waals surface area contributed by atoms with Crippen molar-refractivity contribution in [3.8, 4) is 11.8 Å². The third-order valence-corrected chi connectivity index (χ3v) is 5.79. The zero-order valence-corrected chi connectivity index (χ0v) is 18.9. The number of thiazole rings is 1. The van der Waals surface area contributed by atoms with Crippen molar-refractivity contribution in [3.05, 3.63) is 75.9 Å². The molecular weight excluding hydrogens is 432 g/mol. The van der Waals surface area contributed by atoms with Crippen LogP contribution in [0.3, 0.4) is 0 Å². The van der Waals surface area contributed by atoms with E-state index < -0.39 is 24.1 Å². The van der Waals surface area contributed by atoms with E-state index in [9.17, 15) is 18.8 Å². The Hall–Kier alpha value is -3.31. The van der Waals surface area contributed by atoms with Crippen LogP contribution in [0.25, 0.3) is 0 Å². The molecule has 0 aliphatic carbocycles. The average Bonchev–Trinajstić information content (AvgIpc) is 3.10. The first-order chi connectivity index (χ1) is 15.3. The van der Waals surface area contributed by atoms with E-state index in [0.29, 0.717) is 28.2 Å². The van der Waals surface area contributed by atoms with Crippen LogP contribution in [0.4, 0.5) is 13.8 Å². The Morgan fingerprint density at radius 2 is 2.03 bits per heavy atom. The standard InChI is InChI=1S/C24H23F2N3O2S/c1-15(2)9-22-28-16(3)24(32-22)29(13-18-6-4-5-17(10-18)12-27)23(30)14-31-21-8-7-19(25)11-20(21)26/h4-8,10-11,15H,9,13-14H2,1-3H3. The summed E-state index contributed by atoms with van der Waals surface area (Å²) in [6, 6.07) is 12.0. The molecule has 0 bridgehead atoms. The Bertz CT molecular complexity index is 1150. The lowest BCUT2D eigenvalue weighted by molar-refractivity contribution is -0.120. The maximum absolute atomic E-state index is 13.9. The Morgan fingerprint density at radius 1 is 1.25 bits per heavy atom. The highest BCUT2D eigenvalue weighted by Crippen LogP contribution is 2.31. The van der Waals surface area contributed by atoms with Crippen LogP contribution in [0.1, 0.15) is 35.7 Å². The topological polar surface area (TPSA) is 66.2 Å². The number of aryl methyl sites for hydroxylation is 1. The molecule has 1 amide bonds. The zero-order chi connectivity index (χ0) is 23.3. The van der Waals surface area contributed by atoms with Gasteiger partial charge in [0.15, 0.2) is 18.2 Å². The van der Waals surface area contributed by atoms with Gasteiger partial charge in [-0.2, -0.15) is 5.26 Å². The van der Waals surface area contributed by atoms with Crippen LogP contribution < -0.4 is 9.64 Å². The van der Waals surface area contributed by atoms with Gasteiger partial charge in [0.05, 0.1) is 28.9 Å². The van der Waals surface area contributed by atoms with E-state index >= 15 is 0 Å². The summed E-state index contributed by atoms with van der Waals surface area (Å²) in [6.45, 7) is 5.79. The number of anilines is 1. The van der Waals surface area contributed by atoms with E-state index in [-0.39, 0.29) is 12.3 Å². The molecule has 32 heavy (non-hydrogen) atoms. The number of hydrogen-bond donors (Lipinski definition) is 0. The minimum atomic E-state index is -0.876. The number of carbonyl (C=O) groups excluding carboxylic acids is 1. The fourth-order valence-corrected chi connectivity index (χ4v) is 4.43. The van der Waals surface area contributed by atoms with Crippen LogP contribution in [-0.2, 0) is 17.8 Å². The van der Waals surface area contributed by atoms with Gasteiger partial charge in [-0.05, 0) is 42.7 Å². The van der Waals surface area contributed by atoms with E-state index in [1.54, 1.807) is 18.2 Å². The molecule has 0 unspecified atom stereocenters. The van der Waals surface area contributed by atoms with Gasteiger partial charge in [-0.3, -0.25) is 9.69 Å². The number of rotatable bonds is 8. The van der Waals surface area contributed by atoms with Gasteiger partial charge in [-0.15, -0.1) is 11.3 Å². The molecule has 0 atom stereocenters. The van der Waals surface area contributed by atoms with Gasteiger partial charge in [-0.1, -0.05) is 26.0 Å². The monoisotopic (exact) mass is 455 g/mol. The normalized spacial score (nSPS) is 10.8. The number of ether oxygens (including phenoxy) is 1. The van der Waals surface area contributed by atoms with Crippen LogP contribution in [0.2, 0.25) is 0 Å². The molecule has 0 aliphatic heterocycles. The molecule has 8 heteroatoms. The number of hydrogen-bond acceptors (Lipinski definition) is 5. The Labute approximate surface area is 189 Å². The van der Waals surface area contributed by atoms with Gasteiger partial charge >= 0.3 is 0 Å². The minimum Gasteiger partial charge on any atom is -0.481 e. The predicted octanol–water partition coefficient (Wildman–Crippen LogP) is 5.41. The van der Waals surface area contributed by atoms with Gasteiger partial charge < -0.3 is 4.74 Å². The van der Waals surface area contributed by atoms with E-state index in [0.717, 1.165) is 29.1 Å². The fraction of sp³-hybridized carbons (Fsp3) is 0.292.